The standard InChI is InChI=1S/C10H11BrN2O3S2/c11-9-1-2-10(17-9)18(15,16)13-5-3-8(4-6-13)12-7-14/h1-2,8H,3-6H2. The first-order chi connectivity index (χ1) is 8.54. The zero-order chi connectivity index (χ0) is 13.2. The van der Waals surface area contributed by atoms with Crippen LogP contribution in [0.4, 0.5) is 0 Å². The molecule has 5 nitrogen and oxygen atoms in total. The van der Waals surface area contributed by atoms with Crippen molar-refractivity contribution >= 4 is 43.4 Å². The Bertz CT molecular complexity index is 570. The van der Waals surface area contributed by atoms with Gasteiger partial charge in [-0.25, -0.2) is 18.2 Å². The van der Waals surface area contributed by atoms with Crippen molar-refractivity contribution in [2.75, 3.05) is 13.1 Å². The summed E-state index contributed by atoms with van der Waals surface area (Å²) in [7, 11) is -3.40. The van der Waals surface area contributed by atoms with E-state index in [1.807, 2.05) is 0 Å². The van der Waals surface area contributed by atoms with E-state index in [1.165, 1.54) is 21.7 Å². The Morgan fingerprint density at radius 3 is 2.56 bits per heavy atom. The monoisotopic (exact) mass is 350 g/mol. The van der Waals surface area contributed by atoms with Crippen LogP contribution in [0.25, 0.3) is 0 Å². The second-order valence-electron chi connectivity index (χ2n) is 3.91. The lowest BCUT2D eigenvalue weighted by atomic mass is 10.1. The van der Waals surface area contributed by atoms with E-state index in [0.717, 1.165) is 3.79 Å². The van der Waals surface area contributed by atoms with Crippen LogP contribution < -0.4 is 0 Å². The lowest BCUT2D eigenvalue weighted by Crippen LogP contribution is -2.39. The molecule has 0 spiro atoms. The smallest absolute Gasteiger partial charge is 0.211 e. The number of hydrogen-bond donors (Lipinski definition) is 0. The molecular weight excluding hydrogens is 340 g/mol. The molecule has 0 N–H and O–H groups in total. The van der Waals surface area contributed by atoms with E-state index in [1.54, 1.807) is 12.1 Å². The molecule has 1 aromatic rings. The second-order valence-corrected chi connectivity index (χ2v) is 8.54. The van der Waals surface area contributed by atoms with E-state index < -0.39 is 10.0 Å². The molecule has 0 aromatic carbocycles. The minimum absolute atomic E-state index is 0.0935. The maximum absolute atomic E-state index is 12.3. The van der Waals surface area contributed by atoms with Gasteiger partial charge >= 0.3 is 0 Å². The van der Waals surface area contributed by atoms with Gasteiger partial charge < -0.3 is 0 Å². The molecule has 1 aliphatic rings. The van der Waals surface area contributed by atoms with Crippen molar-refractivity contribution in [1.82, 2.24) is 4.31 Å². The van der Waals surface area contributed by atoms with Crippen molar-refractivity contribution in [3.63, 3.8) is 0 Å². The number of nitrogens with zero attached hydrogens (tertiary/aromatic N) is 2. The Morgan fingerprint density at radius 1 is 1.39 bits per heavy atom. The van der Waals surface area contributed by atoms with Gasteiger partial charge in [0, 0.05) is 13.1 Å². The van der Waals surface area contributed by atoms with Crippen molar-refractivity contribution in [1.29, 1.82) is 0 Å². The molecule has 2 heterocycles. The molecule has 0 saturated carbocycles. The fraction of sp³-hybridized carbons (Fsp3) is 0.500. The van der Waals surface area contributed by atoms with Gasteiger partial charge in [0.25, 0.3) is 10.0 Å². The molecule has 0 bridgehead atoms. The third kappa shape index (κ3) is 2.89. The van der Waals surface area contributed by atoms with Crippen LogP contribution >= 0.6 is 27.3 Å². The maximum Gasteiger partial charge on any atom is 0.252 e. The number of thiophene rings is 1. The molecule has 8 heteroatoms. The SMILES string of the molecule is O=C=NC1CCN(S(=O)(=O)c2ccc(Br)s2)CC1. The Labute approximate surface area is 118 Å². The van der Waals surface area contributed by atoms with Crippen molar-refractivity contribution in [2.45, 2.75) is 23.1 Å². The number of piperidine rings is 1. The molecule has 0 radical (unpaired) electrons. The van der Waals surface area contributed by atoms with Gasteiger partial charge in [-0.1, -0.05) is 0 Å². The molecule has 98 valence electrons. The van der Waals surface area contributed by atoms with E-state index in [-0.39, 0.29) is 6.04 Å². The van der Waals surface area contributed by atoms with E-state index in [9.17, 15) is 13.2 Å². The number of rotatable bonds is 3. The Balaban J connectivity index is 2.11. The van der Waals surface area contributed by atoms with Crippen molar-refractivity contribution in [3.8, 4) is 0 Å². The summed E-state index contributed by atoms with van der Waals surface area (Å²) in [4.78, 5) is 13.8. The zero-order valence-electron chi connectivity index (χ0n) is 9.37. The highest BCUT2D eigenvalue weighted by Gasteiger charge is 2.30. The number of carbonyl (C=O) groups excluding carboxylic acids is 1. The van der Waals surface area contributed by atoms with E-state index >= 15 is 0 Å². The van der Waals surface area contributed by atoms with Crippen LogP contribution in [0.5, 0.6) is 0 Å². The molecule has 1 aromatic heterocycles. The zero-order valence-corrected chi connectivity index (χ0v) is 12.6. The second kappa shape index (κ2) is 5.63. The van der Waals surface area contributed by atoms with Crippen LogP contribution in [-0.4, -0.2) is 37.9 Å². The van der Waals surface area contributed by atoms with Gasteiger partial charge in [0.15, 0.2) is 0 Å². The van der Waals surface area contributed by atoms with E-state index in [2.05, 4.69) is 20.9 Å². The van der Waals surface area contributed by atoms with Crippen molar-refractivity contribution in [2.24, 2.45) is 4.99 Å². The Morgan fingerprint density at radius 2 is 2.06 bits per heavy atom. The highest BCUT2D eigenvalue weighted by atomic mass is 79.9. The molecule has 0 amide bonds. The summed E-state index contributed by atoms with van der Waals surface area (Å²) in [5.74, 6) is 0. The molecule has 1 fully saturated rings. The molecule has 0 unspecified atom stereocenters. The number of hydrogen-bond acceptors (Lipinski definition) is 5. The largest absolute Gasteiger partial charge is 0.252 e. The van der Waals surface area contributed by atoms with E-state index in [4.69, 9.17) is 0 Å². The van der Waals surface area contributed by atoms with Gasteiger partial charge in [-0.15, -0.1) is 11.3 Å². The van der Waals surface area contributed by atoms with Crippen LogP contribution in [0, 0.1) is 0 Å². The summed E-state index contributed by atoms with van der Waals surface area (Å²) in [6.07, 6.45) is 2.67. The van der Waals surface area contributed by atoms with Gasteiger partial charge in [0.05, 0.1) is 9.83 Å². The van der Waals surface area contributed by atoms with Crippen LogP contribution in [0.1, 0.15) is 12.8 Å². The van der Waals surface area contributed by atoms with Crippen LogP contribution in [-0.2, 0) is 14.8 Å². The number of sulfonamides is 1. The third-order valence-corrected chi connectivity index (χ3v) is 6.79. The summed E-state index contributed by atoms with van der Waals surface area (Å²) in [6, 6.07) is 3.23. The topological polar surface area (TPSA) is 66.8 Å². The Kier molecular flexibility index (Phi) is 4.34. The van der Waals surface area contributed by atoms with Gasteiger partial charge in [-0.2, -0.15) is 4.31 Å². The van der Waals surface area contributed by atoms with Crippen LogP contribution in [0.3, 0.4) is 0 Å². The molecular formula is C10H11BrN2O3S2. The summed E-state index contributed by atoms with van der Waals surface area (Å²) in [6.45, 7) is 0.793. The van der Waals surface area contributed by atoms with Crippen LogP contribution in [0.2, 0.25) is 0 Å². The lowest BCUT2D eigenvalue weighted by molar-refractivity contribution is 0.321. The normalized spacial score (nSPS) is 18.5. The number of aliphatic imine (C=N–C) groups is 1. The first-order valence-electron chi connectivity index (χ1n) is 5.36. The highest BCUT2D eigenvalue weighted by molar-refractivity contribution is 9.11. The van der Waals surface area contributed by atoms with Gasteiger partial charge in [-0.05, 0) is 40.9 Å². The molecule has 1 saturated heterocycles. The fourth-order valence-electron chi connectivity index (χ4n) is 1.85. The fourth-order valence-corrected chi connectivity index (χ4v) is 5.48. The minimum atomic E-state index is -3.40. The molecule has 1 aliphatic heterocycles. The van der Waals surface area contributed by atoms with Crippen molar-refractivity contribution < 1.29 is 13.2 Å². The Hall–Kier alpha value is -0.530. The summed E-state index contributed by atoms with van der Waals surface area (Å²) in [5, 5.41) is 0. The molecule has 2 rings (SSSR count). The summed E-state index contributed by atoms with van der Waals surface area (Å²) in [5.41, 5.74) is 0. The summed E-state index contributed by atoms with van der Waals surface area (Å²) < 4.78 is 27.1. The average molecular weight is 351 g/mol. The number of halogens is 1. The van der Waals surface area contributed by atoms with E-state index in [0.29, 0.717) is 30.1 Å². The van der Waals surface area contributed by atoms with Crippen LogP contribution in [0.15, 0.2) is 25.1 Å². The summed E-state index contributed by atoms with van der Waals surface area (Å²) >= 11 is 4.46. The average Bonchev–Trinajstić information content (AvgIpc) is 2.78. The first-order valence-corrected chi connectivity index (χ1v) is 8.41. The third-order valence-electron chi connectivity index (χ3n) is 2.80. The van der Waals surface area contributed by atoms with Gasteiger partial charge in [0.1, 0.15) is 4.21 Å². The lowest BCUT2D eigenvalue weighted by Gasteiger charge is -2.28. The van der Waals surface area contributed by atoms with Gasteiger partial charge in [0.2, 0.25) is 6.08 Å². The molecule has 18 heavy (non-hydrogen) atoms. The predicted molar refractivity (Wildman–Crippen MR) is 71.9 cm³/mol. The minimum Gasteiger partial charge on any atom is -0.211 e. The predicted octanol–water partition coefficient (Wildman–Crippen LogP) is 2.00. The van der Waals surface area contributed by atoms with Gasteiger partial charge in [-0.3, -0.25) is 0 Å². The first kappa shape index (κ1) is 13.9. The molecule has 0 atom stereocenters. The molecule has 0 aliphatic carbocycles. The maximum atomic E-state index is 12.3. The quantitative estimate of drug-likeness (QED) is 0.618. The number of isocyanates is 1. The van der Waals surface area contributed by atoms with Crippen molar-refractivity contribution in [3.05, 3.63) is 15.9 Å². The highest BCUT2D eigenvalue weighted by Crippen LogP contribution is 2.30.